The minimum atomic E-state index is -0.860. The standard InChI is InChI=1S/C31H20Cl4N2O5/c32-21-5-1-18(2-6-21)16-41-23-9-7-22(8-10-23)37-30(39)24(29(38)36-31(37)40)13-19-4-12-28(27(35)14-19)42-17-20-3-11-25(33)26(34)15-20/h1-15H,16-17H2,(H,36,38,40)/b24-13+. The number of carbonyl (C=O) groups excluding carboxylic acids is 3. The van der Waals surface area contributed by atoms with E-state index >= 15 is 0 Å². The van der Waals surface area contributed by atoms with E-state index < -0.39 is 17.8 Å². The Hall–Kier alpha value is -4.01. The minimum Gasteiger partial charge on any atom is -0.489 e. The largest absolute Gasteiger partial charge is 0.489 e. The number of rotatable bonds is 8. The molecule has 212 valence electrons. The van der Waals surface area contributed by atoms with Crippen LogP contribution in [0.4, 0.5) is 10.5 Å². The van der Waals surface area contributed by atoms with Gasteiger partial charge in [-0.1, -0.05) is 70.7 Å². The molecule has 11 heteroatoms. The van der Waals surface area contributed by atoms with Crippen LogP contribution in [-0.4, -0.2) is 17.8 Å². The van der Waals surface area contributed by atoms with Crippen molar-refractivity contribution in [3.8, 4) is 11.5 Å². The van der Waals surface area contributed by atoms with E-state index in [9.17, 15) is 14.4 Å². The number of halogens is 4. The van der Waals surface area contributed by atoms with Gasteiger partial charge in [0.1, 0.15) is 30.3 Å². The van der Waals surface area contributed by atoms with Gasteiger partial charge in [-0.25, -0.2) is 9.69 Å². The number of nitrogens with one attached hydrogen (secondary N) is 1. The number of imide groups is 2. The molecular weight excluding hydrogens is 622 g/mol. The molecule has 1 heterocycles. The van der Waals surface area contributed by atoms with Crippen molar-refractivity contribution in [3.63, 3.8) is 0 Å². The zero-order chi connectivity index (χ0) is 29.8. The molecular formula is C31H20Cl4N2O5. The van der Waals surface area contributed by atoms with Gasteiger partial charge in [-0.15, -0.1) is 0 Å². The summed E-state index contributed by atoms with van der Waals surface area (Å²) in [5.74, 6) is -0.684. The molecule has 0 atom stereocenters. The first-order chi connectivity index (χ1) is 20.2. The SMILES string of the molecule is O=C1NC(=O)N(c2ccc(OCc3ccc(Cl)cc3)cc2)C(=O)/C1=C/c1ccc(OCc2ccc(Cl)c(Cl)c2)c(Cl)c1. The summed E-state index contributed by atoms with van der Waals surface area (Å²) in [7, 11) is 0. The maximum absolute atomic E-state index is 13.3. The fourth-order valence-electron chi connectivity index (χ4n) is 4.01. The van der Waals surface area contributed by atoms with Gasteiger partial charge in [0.2, 0.25) is 0 Å². The van der Waals surface area contributed by atoms with E-state index in [-0.39, 0.29) is 22.9 Å². The summed E-state index contributed by atoms with van der Waals surface area (Å²) in [4.78, 5) is 39.4. The summed E-state index contributed by atoms with van der Waals surface area (Å²) < 4.78 is 11.6. The molecule has 1 N–H and O–H groups in total. The van der Waals surface area contributed by atoms with Crippen LogP contribution in [0.2, 0.25) is 20.1 Å². The van der Waals surface area contributed by atoms with Crippen molar-refractivity contribution >= 4 is 76.0 Å². The molecule has 1 saturated heterocycles. The predicted molar refractivity (Wildman–Crippen MR) is 163 cm³/mol. The zero-order valence-corrected chi connectivity index (χ0v) is 24.6. The van der Waals surface area contributed by atoms with Crippen molar-refractivity contribution in [2.24, 2.45) is 0 Å². The van der Waals surface area contributed by atoms with E-state index in [4.69, 9.17) is 55.9 Å². The molecule has 1 aliphatic heterocycles. The predicted octanol–water partition coefficient (Wildman–Crippen LogP) is 8.12. The Labute approximate surface area is 261 Å². The first kappa shape index (κ1) is 29.5. The molecule has 4 aromatic rings. The number of carbonyl (C=O) groups is 3. The third-order valence-corrected chi connectivity index (χ3v) is 7.45. The van der Waals surface area contributed by atoms with E-state index in [0.717, 1.165) is 16.0 Å². The van der Waals surface area contributed by atoms with Gasteiger partial charge in [0, 0.05) is 5.02 Å². The zero-order valence-electron chi connectivity index (χ0n) is 21.6. The second kappa shape index (κ2) is 12.9. The fourth-order valence-corrected chi connectivity index (χ4v) is 4.70. The van der Waals surface area contributed by atoms with Crippen LogP contribution in [0.3, 0.4) is 0 Å². The molecule has 1 fully saturated rings. The Kier molecular flexibility index (Phi) is 9.04. The average molecular weight is 642 g/mol. The Morgan fingerprint density at radius 2 is 1.38 bits per heavy atom. The molecule has 0 spiro atoms. The smallest absolute Gasteiger partial charge is 0.335 e. The van der Waals surface area contributed by atoms with Crippen LogP contribution in [0.5, 0.6) is 11.5 Å². The molecule has 0 bridgehead atoms. The fraction of sp³-hybridized carbons (Fsp3) is 0.0645. The van der Waals surface area contributed by atoms with Crippen LogP contribution >= 0.6 is 46.4 Å². The highest BCUT2D eigenvalue weighted by atomic mass is 35.5. The number of amides is 4. The van der Waals surface area contributed by atoms with Gasteiger partial charge in [-0.05, 0) is 83.4 Å². The van der Waals surface area contributed by atoms with Gasteiger partial charge in [0.15, 0.2) is 0 Å². The van der Waals surface area contributed by atoms with E-state index in [0.29, 0.717) is 38.7 Å². The summed E-state index contributed by atoms with van der Waals surface area (Å²) >= 11 is 24.3. The number of hydrogen-bond donors (Lipinski definition) is 1. The Morgan fingerprint density at radius 3 is 2.07 bits per heavy atom. The highest BCUT2D eigenvalue weighted by Crippen LogP contribution is 2.30. The lowest BCUT2D eigenvalue weighted by Gasteiger charge is -2.26. The number of hydrogen-bond acceptors (Lipinski definition) is 5. The summed E-state index contributed by atoms with van der Waals surface area (Å²) in [6.07, 6.45) is 1.36. The topological polar surface area (TPSA) is 84.9 Å². The molecule has 7 nitrogen and oxygen atoms in total. The molecule has 4 amide bonds. The van der Waals surface area contributed by atoms with Crippen LogP contribution in [0.1, 0.15) is 16.7 Å². The third kappa shape index (κ3) is 6.89. The molecule has 0 saturated carbocycles. The molecule has 0 radical (unpaired) electrons. The normalized spacial score (nSPS) is 14.2. The monoisotopic (exact) mass is 640 g/mol. The van der Waals surface area contributed by atoms with Crippen LogP contribution in [0.25, 0.3) is 6.08 Å². The molecule has 0 aliphatic carbocycles. The molecule has 0 aromatic heterocycles. The van der Waals surface area contributed by atoms with Crippen molar-refractivity contribution in [1.82, 2.24) is 5.32 Å². The van der Waals surface area contributed by atoms with E-state index in [1.807, 2.05) is 12.1 Å². The lowest BCUT2D eigenvalue weighted by Crippen LogP contribution is -2.54. The second-order valence-corrected chi connectivity index (χ2v) is 10.8. The molecule has 5 rings (SSSR count). The van der Waals surface area contributed by atoms with Crippen molar-refractivity contribution < 1.29 is 23.9 Å². The molecule has 4 aromatic carbocycles. The Morgan fingerprint density at radius 1 is 0.690 bits per heavy atom. The minimum absolute atomic E-state index is 0.194. The van der Waals surface area contributed by atoms with E-state index in [1.54, 1.807) is 72.8 Å². The Balaban J connectivity index is 1.28. The number of ether oxygens (including phenoxy) is 2. The molecule has 1 aliphatic rings. The van der Waals surface area contributed by atoms with Crippen LogP contribution in [0, 0.1) is 0 Å². The summed E-state index contributed by atoms with van der Waals surface area (Å²) in [5, 5.41) is 3.94. The van der Waals surface area contributed by atoms with Gasteiger partial charge < -0.3 is 9.47 Å². The van der Waals surface area contributed by atoms with Crippen molar-refractivity contribution in [2.75, 3.05) is 4.90 Å². The van der Waals surface area contributed by atoms with E-state index in [1.165, 1.54) is 6.08 Å². The Bertz CT molecular complexity index is 1710. The van der Waals surface area contributed by atoms with Crippen LogP contribution in [-0.2, 0) is 22.8 Å². The quantitative estimate of drug-likeness (QED) is 0.155. The van der Waals surface area contributed by atoms with Crippen LogP contribution in [0.15, 0.2) is 90.5 Å². The summed E-state index contributed by atoms with van der Waals surface area (Å²) in [5.41, 5.74) is 2.20. The highest BCUT2D eigenvalue weighted by Gasteiger charge is 2.36. The van der Waals surface area contributed by atoms with Gasteiger partial charge >= 0.3 is 6.03 Å². The third-order valence-electron chi connectivity index (χ3n) is 6.16. The van der Waals surface area contributed by atoms with Gasteiger partial charge in [0.25, 0.3) is 11.8 Å². The van der Waals surface area contributed by atoms with E-state index in [2.05, 4.69) is 5.32 Å². The number of urea groups is 1. The lowest BCUT2D eigenvalue weighted by molar-refractivity contribution is -0.122. The van der Waals surface area contributed by atoms with Crippen LogP contribution < -0.4 is 19.7 Å². The van der Waals surface area contributed by atoms with Crippen molar-refractivity contribution in [1.29, 1.82) is 0 Å². The number of benzene rings is 4. The molecule has 0 unspecified atom stereocenters. The number of barbiturate groups is 1. The summed E-state index contributed by atoms with van der Waals surface area (Å²) in [6.45, 7) is 0.503. The second-order valence-electron chi connectivity index (χ2n) is 9.09. The van der Waals surface area contributed by atoms with Crippen molar-refractivity contribution in [2.45, 2.75) is 13.2 Å². The van der Waals surface area contributed by atoms with Gasteiger partial charge in [-0.2, -0.15) is 0 Å². The van der Waals surface area contributed by atoms with Gasteiger partial charge in [-0.3, -0.25) is 14.9 Å². The summed E-state index contributed by atoms with van der Waals surface area (Å²) in [6, 6.07) is 22.7. The number of anilines is 1. The first-order valence-electron chi connectivity index (χ1n) is 12.4. The molecule has 42 heavy (non-hydrogen) atoms. The van der Waals surface area contributed by atoms with Crippen molar-refractivity contribution in [3.05, 3.63) is 127 Å². The first-order valence-corrected chi connectivity index (χ1v) is 13.9. The lowest BCUT2D eigenvalue weighted by atomic mass is 10.1. The maximum Gasteiger partial charge on any atom is 0.335 e. The maximum atomic E-state index is 13.3. The average Bonchev–Trinajstić information content (AvgIpc) is 2.97. The highest BCUT2D eigenvalue weighted by molar-refractivity contribution is 6.42. The van der Waals surface area contributed by atoms with Gasteiger partial charge in [0.05, 0.1) is 20.8 Å². The number of nitrogens with zero attached hydrogens (tertiary/aromatic N) is 1.